The molecule has 0 rings (SSSR count). The van der Waals surface area contributed by atoms with Gasteiger partial charge in [0.05, 0.1) is 0 Å². The van der Waals surface area contributed by atoms with Crippen molar-refractivity contribution in [1.29, 1.82) is 0 Å². The predicted octanol–water partition coefficient (Wildman–Crippen LogP) is 2.76. The number of hydrogen-bond donors (Lipinski definition) is 0. The van der Waals surface area contributed by atoms with Gasteiger partial charge in [0, 0.05) is 0 Å². The third kappa shape index (κ3) is 3.26. The second-order valence-corrected chi connectivity index (χ2v) is 4.22. The molecule has 0 amide bonds. The molecule has 1 unspecified atom stereocenters. The van der Waals surface area contributed by atoms with Gasteiger partial charge in [-0.05, 0) is 35.4 Å². The molecule has 0 nitrogen and oxygen atoms in total. The molecule has 0 N–H and O–H groups in total. The fraction of sp³-hybridized carbons (Fsp3) is 1.00. The SMILES string of the molecule is CC(C)C(C)(F)I. The van der Waals surface area contributed by atoms with Crippen LogP contribution in [0.5, 0.6) is 0 Å². The van der Waals surface area contributed by atoms with Crippen molar-refractivity contribution >= 4 is 22.6 Å². The Kier molecular flexibility index (Phi) is 2.50. The summed E-state index contributed by atoms with van der Waals surface area (Å²) in [6.45, 7) is 5.32. The topological polar surface area (TPSA) is 0 Å². The van der Waals surface area contributed by atoms with E-state index in [1.807, 2.05) is 13.8 Å². The summed E-state index contributed by atoms with van der Waals surface area (Å²) in [6.07, 6.45) is 0. The second-order valence-electron chi connectivity index (χ2n) is 2.11. The van der Waals surface area contributed by atoms with Gasteiger partial charge in [-0.15, -0.1) is 0 Å². The van der Waals surface area contributed by atoms with E-state index in [1.165, 1.54) is 0 Å². The van der Waals surface area contributed by atoms with Crippen molar-refractivity contribution in [3.05, 3.63) is 0 Å². The summed E-state index contributed by atoms with van der Waals surface area (Å²) >= 11 is 1.80. The summed E-state index contributed by atoms with van der Waals surface area (Å²) in [7, 11) is 0. The predicted molar refractivity (Wildman–Crippen MR) is 38.4 cm³/mol. The van der Waals surface area contributed by atoms with Gasteiger partial charge >= 0.3 is 0 Å². The fourth-order valence-corrected chi connectivity index (χ4v) is 0. The van der Waals surface area contributed by atoms with Gasteiger partial charge in [0.25, 0.3) is 0 Å². The minimum Gasteiger partial charge on any atom is -0.232 e. The van der Waals surface area contributed by atoms with Crippen molar-refractivity contribution < 1.29 is 4.39 Å². The van der Waals surface area contributed by atoms with Gasteiger partial charge < -0.3 is 0 Å². The Bertz CT molecular complexity index is 53.6. The van der Waals surface area contributed by atoms with E-state index < -0.39 is 3.68 Å². The second kappa shape index (κ2) is 2.29. The maximum atomic E-state index is 12.5. The van der Waals surface area contributed by atoms with Gasteiger partial charge in [0.2, 0.25) is 0 Å². The lowest BCUT2D eigenvalue weighted by atomic mass is 10.1. The average molecular weight is 216 g/mol. The average Bonchev–Trinajstić information content (AvgIpc) is 1.31. The standard InChI is InChI=1S/C5H10FI/c1-4(2)5(3,6)7/h4H,1-3H3. The molecule has 0 radical (unpaired) electrons. The van der Waals surface area contributed by atoms with Gasteiger partial charge in [-0.1, -0.05) is 13.8 Å². The van der Waals surface area contributed by atoms with E-state index in [1.54, 1.807) is 29.5 Å². The maximum Gasteiger partial charge on any atom is 0.160 e. The van der Waals surface area contributed by atoms with Crippen LogP contribution >= 0.6 is 22.6 Å². The van der Waals surface area contributed by atoms with Crippen LogP contribution in [0.15, 0.2) is 0 Å². The van der Waals surface area contributed by atoms with E-state index in [4.69, 9.17) is 0 Å². The minimum atomic E-state index is -1.03. The van der Waals surface area contributed by atoms with E-state index in [-0.39, 0.29) is 5.92 Å². The first-order chi connectivity index (χ1) is 2.94. The highest BCUT2D eigenvalue weighted by atomic mass is 127. The van der Waals surface area contributed by atoms with Crippen LogP contribution in [0.2, 0.25) is 0 Å². The molecule has 0 heterocycles. The van der Waals surface area contributed by atoms with Crippen molar-refractivity contribution in [1.82, 2.24) is 0 Å². The zero-order chi connectivity index (χ0) is 6.08. The zero-order valence-electron chi connectivity index (χ0n) is 4.83. The number of hydrogen-bond acceptors (Lipinski definition) is 0. The Balaban J connectivity index is 3.54. The van der Waals surface area contributed by atoms with Gasteiger partial charge in [0.1, 0.15) is 0 Å². The first-order valence-corrected chi connectivity index (χ1v) is 3.40. The monoisotopic (exact) mass is 216 g/mol. The van der Waals surface area contributed by atoms with Crippen LogP contribution in [0.25, 0.3) is 0 Å². The lowest BCUT2D eigenvalue weighted by molar-refractivity contribution is 0.259. The van der Waals surface area contributed by atoms with E-state index >= 15 is 0 Å². The Morgan fingerprint density at radius 3 is 1.71 bits per heavy atom. The largest absolute Gasteiger partial charge is 0.232 e. The molecular formula is C5H10FI. The lowest BCUT2D eigenvalue weighted by Gasteiger charge is -2.15. The molecule has 0 spiro atoms. The molecule has 0 aliphatic heterocycles. The summed E-state index contributed by atoms with van der Waals surface area (Å²) in [5.41, 5.74) is 0. The van der Waals surface area contributed by atoms with Gasteiger partial charge in [-0.3, -0.25) is 0 Å². The van der Waals surface area contributed by atoms with E-state index in [9.17, 15) is 4.39 Å². The van der Waals surface area contributed by atoms with Crippen LogP contribution in [-0.4, -0.2) is 3.68 Å². The Morgan fingerprint density at radius 2 is 1.71 bits per heavy atom. The van der Waals surface area contributed by atoms with Crippen LogP contribution in [0.1, 0.15) is 20.8 Å². The highest BCUT2D eigenvalue weighted by molar-refractivity contribution is 14.1. The van der Waals surface area contributed by atoms with Crippen molar-refractivity contribution in [3.8, 4) is 0 Å². The van der Waals surface area contributed by atoms with Gasteiger partial charge in [-0.2, -0.15) is 0 Å². The van der Waals surface area contributed by atoms with Crippen molar-refractivity contribution in [2.75, 3.05) is 0 Å². The molecule has 2 heteroatoms. The van der Waals surface area contributed by atoms with Crippen LogP contribution < -0.4 is 0 Å². The van der Waals surface area contributed by atoms with Crippen LogP contribution in [0.4, 0.5) is 4.39 Å². The lowest BCUT2D eigenvalue weighted by Crippen LogP contribution is -2.15. The first kappa shape index (κ1) is 7.66. The van der Waals surface area contributed by atoms with Crippen molar-refractivity contribution in [2.45, 2.75) is 24.4 Å². The molecule has 0 saturated carbocycles. The van der Waals surface area contributed by atoms with E-state index in [0.29, 0.717) is 0 Å². The van der Waals surface area contributed by atoms with Crippen LogP contribution in [0, 0.1) is 5.92 Å². The summed E-state index contributed by atoms with van der Waals surface area (Å²) in [5, 5.41) is 0. The molecule has 0 aromatic carbocycles. The molecular weight excluding hydrogens is 206 g/mol. The molecule has 0 saturated heterocycles. The molecule has 44 valence electrons. The summed E-state index contributed by atoms with van der Waals surface area (Å²) in [6, 6.07) is 0. The third-order valence-corrected chi connectivity index (χ3v) is 2.26. The van der Waals surface area contributed by atoms with E-state index in [2.05, 4.69) is 0 Å². The molecule has 7 heavy (non-hydrogen) atoms. The number of halogens is 2. The molecule has 0 aromatic rings. The van der Waals surface area contributed by atoms with Gasteiger partial charge in [0.15, 0.2) is 3.68 Å². The Labute approximate surface area is 57.6 Å². The smallest absolute Gasteiger partial charge is 0.160 e. The highest BCUT2D eigenvalue weighted by Crippen LogP contribution is 2.28. The maximum absolute atomic E-state index is 12.5. The number of alkyl halides is 2. The molecule has 0 fully saturated rings. The highest BCUT2D eigenvalue weighted by Gasteiger charge is 2.21. The summed E-state index contributed by atoms with van der Waals surface area (Å²) < 4.78 is 11.5. The summed E-state index contributed by atoms with van der Waals surface area (Å²) in [5.74, 6) is 0.119. The zero-order valence-corrected chi connectivity index (χ0v) is 6.99. The third-order valence-electron chi connectivity index (χ3n) is 1.01. The molecule has 0 bridgehead atoms. The van der Waals surface area contributed by atoms with Crippen LogP contribution in [-0.2, 0) is 0 Å². The summed E-state index contributed by atoms with van der Waals surface area (Å²) in [4.78, 5) is 0. The molecule has 1 atom stereocenters. The Hall–Kier alpha value is 0.660. The quantitative estimate of drug-likeness (QED) is 0.467. The molecule has 0 aromatic heterocycles. The molecule has 0 aliphatic carbocycles. The van der Waals surface area contributed by atoms with Crippen molar-refractivity contribution in [3.63, 3.8) is 0 Å². The molecule has 0 aliphatic rings. The van der Waals surface area contributed by atoms with Gasteiger partial charge in [-0.25, -0.2) is 4.39 Å². The Morgan fingerprint density at radius 1 is 1.57 bits per heavy atom. The number of rotatable bonds is 1. The first-order valence-electron chi connectivity index (χ1n) is 2.32. The minimum absolute atomic E-state index is 0.119. The van der Waals surface area contributed by atoms with Crippen LogP contribution in [0.3, 0.4) is 0 Å². The normalized spacial score (nSPS) is 19.7. The van der Waals surface area contributed by atoms with E-state index in [0.717, 1.165) is 0 Å². The van der Waals surface area contributed by atoms with Crippen molar-refractivity contribution in [2.24, 2.45) is 5.92 Å². The fourth-order valence-electron chi connectivity index (χ4n) is 0.